The SMILES string of the molecule is NC1C2=C1C(=O)C=CC2=O. The minimum atomic E-state index is -0.366. The van der Waals surface area contributed by atoms with E-state index in [0.717, 1.165) is 0 Å². The summed E-state index contributed by atoms with van der Waals surface area (Å²) < 4.78 is 0. The first-order valence-corrected chi connectivity index (χ1v) is 2.98. The molecule has 2 rings (SSSR count). The van der Waals surface area contributed by atoms with Gasteiger partial charge in [-0.05, 0) is 12.2 Å². The minimum Gasteiger partial charge on any atom is -0.320 e. The summed E-state index contributed by atoms with van der Waals surface area (Å²) in [6, 6.07) is -0.366. The Morgan fingerprint density at radius 2 is 1.50 bits per heavy atom. The fourth-order valence-corrected chi connectivity index (χ4v) is 1.14. The van der Waals surface area contributed by atoms with Crippen LogP contribution in [0.3, 0.4) is 0 Å². The molecule has 3 nitrogen and oxygen atoms in total. The Hall–Kier alpha value is -1.22. The minimum absolute atomic E-state index is 0.109. The number of nitrogens with two attached hydrogens (primary N) is 1. The average molecular weight is 135 g/mol. The summed E-state index contributed by atoms with van der Waals surface area (Å²) in [6.45, 7) is 0. The molecular formula is C7H5NO2. The van der Waals surface area contributed by atoms with Crippen molar-refractivity contribution in [3.05, 3.63) is 23.3 Å². The highest BCUT2D eigenvalue weighted by molar-refractivity contribution is 6.27. The number of ketones is 2. The standard InChI is InChI=1S/C7H5NO2/c8-7-5-3(9)1-2-4(10)6(5)7/h1-2,7H,8H2. The van der Waals surface area contributed by atoms with E-state index in [9.17, 15) is 9.59 Å². The van der Waals surface area contributed by atoms with Crippen LogP contribution in [0.5, 0.6) is 0 Å². The first-order chi connectivity index (χ1) is 4.72. The van der Waals surface area contributed by atoms with Crippen LogP contribution in [0, 0.1) is 0 Å². The van der Waals surface area contributed by atoms with Gasteiger partial charge in [-0.25, -0.2) is 0 Å². The van der Waals surface area contributed by atoms with Gasteiger partial charge in [0.2, 0.25) is 0 Å². The number of hydrogen-bond acceptors (Lipinski definition) is 3. The van der Waals surface area contributed by atoms with Crippen LogP contribution in [0.4, 0.5) is 0 Å². The molecule has 3 heteroatoms. The van der Waals surface area contributed by atoms with Crippen LogP contribution in [-0.2, 0) is 9.59 Å². The lowest BCUT2D eigenvalue weighted by Crippen LogP contribution is -2.08. The molecule has 0 aromatic rings. The molecular weight excluding hydrogens is 130 g/mol. The fourth-order valence-electron chi connectivity index (χ4n) is 1.14. The van der Waals surface area contributed by atoms with E-state index in [1.807, 2.05) is 0 Å². The summed E-state index contributed by atoms with van der Waals surface area (Å²) in [5, 5.41) is 0. The molecule has 0 amide bonds. The van der Waals surface area contributed by atoms with Gasteiger partial charge in [0.05, 0.1) is 6.04 Å². The molecule has 0 unspecified atom stereocenters. The normalized spacial score (nSPS) is 23.7. The maximum absolute atomic E-state index is 10.8. The molecule has 2 aliphatic rings. The van der Waals surface area contributed by atoms with Gasteiger partial charge in [-0.2, -0.15) is 0 Å². The van der Waals surface area contributed by atoms with Crippen molar-refractivity contribution in [2.45, 2.75) is 6.04 Å². The highest BCUT2D eigenvalue weighted by Gasteiger charge is 2.42. The van der Waals surface area contributed by atoms with Crippen molar-refractivity contribution >= 4 is 11.6 Å². The molecule has 0 bridgehead atoms. The summed E-state index contributed by atoms with van der Waals surface area (Å²) in [4.78, 5) is 21.6. The number of rotatable bonds is 0. The molecule has 0 saturated carbocycles. The number of carbonyl (C=O) groups excluding carboxylic acids is 2. The van der Waals surface area contributed by atoms with Gasteiger partial charge in [0.25, 0.3) is 0 Å². The average Bonchev–Trinajstić information content (AvgIpc) is 2.55. The van der Waals surface area contributed by atoms with Crippen molar-refractivity contribution in [2.75, 3.05) is 0 Å². The Morgan fingerprint density at radius 1 is 1.10 bits per heavy atom. The lowest BCUT2D eigenvalue weighted by molar-refractivity contribution is -0.113. The summed E-state index contributed by atoms with van der Waals surface area (Å²) in [5.74, 6) is -0.218. The smallest absolute Gasteiger partial charge is 0.184 e. The second-order valence-corrected chi connectivity index (χ2v) is 2.37. The van der Waals surface area contributed by atoms with E-state index in [0.29, 0.717) is 11.1 Å². The zero-order chi connectivity index (χ0) is 7.30. The predicted molar refractivity (Wildman–Crippen MR) is 34.2 cm³/mol. The highest BCUT2D eigenvalue weighted by Crippen LogP contribution is 2.34. The molecule has 0 aromatic carbocycles. The Bertz CT molecular complexity index is 271. The van der Waals surface area contributed by atoms with E-state index in [1.54, 1.807) is 0 Å². The molecule has 0 aliphatic heterocycles. The number of allylic oxidation sites excluding steroid dienone is 2. The van der Waals surface area contributed by atoms with E-state index >= 15 is 0 Å². The van der Waals surface area contributed by atoms with Crippen molar-refractivity contribution < 1.29 is 9.59 Å². The van der Waals surface area contributed by atoms with Crippen LogP contribution in [0.15, 0.2) is 23.3 Å². The maximum Gasteiger partial charge on any atom is 0.184 e. The van der Waals surface area contributed by atoms with E-state index in [1.165, 1.54) is 12.2 Å². The third kappa shape index (κ3) is 0.477. The molecule has 2 aliphatic carbocycles. The van der Waals surface area contributed by atoms with E-state index < -0.39 is 0 Å². The van der Waals surface area contributed by atoms with Crippen LogP contribution in [0.1, 0.15) is 0 Å². The molecule has 0 spiro atoms. The molecule has 0 aromatic heterocycles. The van der Waals surface area contributed by atoms with Crippen LogP contribution in [-0.4, -0.2) is 17.6 Å². The molecule has 0 atom stereocenters. The fraction of sp³-hybridized carbons (Fsp3) is 0.143. The molecule has 0 fully saturated rings. The molecule has 2 N–H and O–H groups in total. The van der Waals surface area contributed by atoms with Gasteiger partial charge in [0.15, 0.2) is 11.6 Å². The Balaban J connectivity index is 2.43. The summed E-state index contributed by atoms with van der Waals surface area (Å²) in [6.07, 6.45) is 2.54. The number of hydrogen-bond donors (Lipinski definition) is 1. The van der Waals surface area contributed by atoms with Gasteiger partial charge >= 0.3 is 0 Å². The molecule has 50 valence electrons. The van der Waals surface area contributed by atoms with Gasteiger partial charge < -0.3 is 5.73 Å². The Morgan fingerprint density at radius 3 is 1.90 bits per heavy atom. The third-order valence-electron chi connectivity index (χ3n) is 1.75. The van der Waals surface area contributed by atoms with Gasteiger partial charge in [-0.15, -0.1) is 0 Å². The van der Waals surface area contributed by atoms with Crippen LogP contribution in [0.2, 0.25) is 0 Å². The van der Waals surface area contributed by atoms with E-state index in [-0.39, 0.29) is 17.6 Å². The van der Waals surface area contributed by atoms with E-state index in [2.05, 4.69) is 0 Å². The second-order valence-electron chi connectivity index (χ2n) is 2.37. The molecule has 0 heterocycles. The Kier molecular flexibility index (Phi) is 0.798. The largest absolute Gasteiger partial charge is 0.320 e. The lowest BCUT2D eigenvalue weighted by atomic mass is 10.2. The third-order valence-corrected chi connectivity index (χ3v) is 1.75. The van der Waals surface area contributed by atoms with Crippen molar-refractivity contribution in [3.8, 4) is 0 Å². The van der Waals surface area contributed by atoms with Gasteiger partial charge in [-0.1, -0.05) is 0 Å². The van der Waals surface area contributed by atoms with Gasteiger partial charge in [0, 0.05) is 11.1 Å². The van der Waals surface area contributed by atoms with Crippen molar-refractivity contribution in [1.29, 1.82) is 0 Å². The summed E-state index contributed by atoms with van der Waals surface area (Å²) in [7, 11) is 0. The molecule has 10 heavy (non-hydrogen) atoms. The first kappa shape index (κ1) is 5.56. The van der Waals surface area contributed by atoms with Crippen LogP contribution in [0.25, 0.3) is 0 Å². The monoisotopic (exact) mass is 135 g/mol. The summed E-state index contributed by atoms with van der Waals surface area (Å²) >= 11 is 0. The van der Waals surface area contributed by atoms with Crippen LogP contribution < -0.4 is 5.73 Å². The first-order valence-electron chi connectivity index (χ1n) is 2.98. The molecule has 0 saturated heterocycles. The molecule has 0 radical (unpaired) electrons. The Labute approximate surface area is 57.2 Å². The highest BCUT2D eigenvalue weighted by atomic mass is 16.1. The van der Waals surface area contributed by atoms with Crippen molar-refractivity contribution in [3.63, 3.8) is 0 Å². The number of carbonyl (C=O) groups is 2. The zero-order valence-corrected chi connectivity index (χ0v) is 5.13. The van der Waals surface area contributed by atoms with Crippen molar-refractivity contribution in [2.24, 2.45) is 5.73 Å². The van der Waals surface area contributed by atoms with Gasteiger partial charge in [-0.3, -0.25) is 9.59 Å². The maximum atomic E-state index is 10.8. The van der Waals surface area contributed by atoms with Crippen LogP contribution >= 0.6 is 0 Å². The lowest BCUT2D eigenvalue weighted by Gasteiger charge is -1.86. The predicted octanol–water partition coefficient (Wildman–Crippen LogP) is -0.668. The quantitative estimate of drug-likeness (QED) is 0.448. The second kappa shape index (κ2) is 1.44. The van der Waals surface area contributed by atoms with Crippen molar-refractivity contribution in [1.82, 2.24) is 0 Å². The van der Waals surface area contributed by atoms with Gasteiger partial charge in [0.1, 0.15) is 0 Å². The topological polar surface area (TPSA) is 60.2 Å². The van der Waals surface area contributed by atoms with E-state index in [4.69, 9.17) is 5.73 Å². The summed E-state index contributed by atoms with van der Waals surface area (Å²) in [5.41, 5.74) is 6.41. The zero-order valence-electron chi connectivity index (χ0n) is 5.13.